The zero-order valence-corrected chi connectivity index (χ0v) is 6.21. The molecule has 1 unspecified atom stereocenters. The Hall–Kier alpha value is -0.750. The third-order valence-corrected chi connectivity index (χ3v) is 1.00. The highest BCUT2D eigenvalue weighted by Gasteiger charge is 2.13. The van der Waals surface area contributed by atoms with Crippen molar-refractivity contribution in [1.29, 1.82) is 0 Å². The van der Waals surface area contributed by atoms with Gasteiger partial charge >= 0.3 is 0 Å². The van der Waals surface area contributed by atoms with Gasteiger partial charge in [-0.25, -0.2) is 15.3 Å². The van der Waals surface area contributed by atoms with Crippen molar-refractivity contribution in [3.63, 3.8) is 0 Å². The van der Waals surface area contributed by atoms with E-state index in [-0.39, 0.29) is 5.91 Å². The summed E-state index contributed by atoms with van der Waals surface area (Å²) in [4.78, 5) is 18.9. The number of thiol groups is 1. The predicted octanol–water partition coefficient (Wildman–Crippen LogP) is -0.474. The average molecular weight is 161 g/mol. The van der Waals surface area contributed by atoms with Gasteiger partial charge in [-0.1, -0.05) is 0 Å². The van der Waals surface area contributed by atoms with E-state index in [1.165, 1.54) is 13.3 Å². The van der Waals surface area contributed by atoms with Crippen molar-refractivity contribution in [1.82, 2.24) is 10.6 Å². The molecule has 0 spiro atoms. The van der Waals surface area contributed by atoms with Gasteiger partial charge in [-0.15, -0.1) is 17.8 Å². The monoisotopic (exact) mass is 161 g/mol. The zero-order chi connectivity index (χ0) is 7.56. The average Bonchev–Trinajstić information content (AvgIpc) is 2.13. The van der Waals surface area contributed by atoms with E-state index in [1.54, 1.807) is 0 Å². The Morgan fingerprint density at radius 2 is 2.70 bits per heavy atom. The maximum absolute atomic E-state index is 10.4. The smallest absolute Gasteiger partial charge is 0.237 e. The molecule has 1 atom stereocenters. The summed E-state index contributed by atoms with van der Waals surface area (Å²) in [5.41, 5.74) is 1.84. The van der Waals surface area contributed by atoms with Crippen LogP contribution in [-0.2, 0) is 9.63 Å². The Morgan fingerprint density at radius 3 is 3.10 bits per heavy atom. The number of rotatable bonds is 1. The lowest BCUT2D eigenvalue weighted by atomic mass is 10.8. The van der Waals surface area contributed by atoms with Crippen LogP contribution in [0.2, 0.25) is 0 Å². The summed E-state index contributed by atoms with van der Waals surface area (Å²) >= 11 is 3.86. The standard InChI is InChI=1S/C4H7N3O2S/c1-3(8)6-7-2-5-4(10)9-7/h2,4,10H,1H3,(H,6,8). The fourth-order valence-electron chi connectivity index (χ4n) is 0.484. The van der Waals surface area contributed by atoms with Gasteiger partial charge in [0.1, 0.15) is 6.34 Å². The van der Waals surface area contributed by atoms with Crippen molar-refractivity contribution in [3.05, 3.63) is 0 Å². The van der Waals surface area contributed by atoms with Crippen molar-refractivity contribution >= 4 is 24.9 Å². The highest BCUT2D eigenvalue weighted by Crippen LogP contribution is 2.05. The van der Waals surface area contributed by atoms with E-state index < -0.39 is 5.56 Å². The van der Waals surface area contributed by atoms with Gasteiger partial charge in [0, 0.05) is 6.92 Å². The minimum Gasteiger partial charge on any atom is -0.274 e. The molecule has 0 aromatic rings. The van der Waals surface area contributed by atoms with Gasteiger partial charge < -0.3 is 0 Å². The number of nitrogens with one attached hydrogen (secondary N) is 1. The van der Waals surface area contributed by atoms with E-state index >= 15 is 0 Å². The fourth-order valence-corrected chi connectivity index (χ4v) is 0.645. The molecule has 0 bridgehead atoms. The number of aliphatic imine (C=N–C) groups is 1. The maximum atomic E-state index is 10.4. The molecule has 0 aliphatic carbocycles. The number of hydrazine groups is 1. The molecule has 0 radical (unpaired) electrons. The highest BCUT2D eigenvalue weighted by molar-refractivity contribution is 7.80. The summed E-state index contributed by atoms with van der Waals surface area (Å²) in [7, 11) is 0. The number of carbonyl (C=O) groups excluding carboxylic acids is 1. The van der Waals surface area contributed by atoms with Crippen LogP contribution in [0, 0.1) is 0 Å². The van der Waals surface area contributed by atoms with Crippen molar-refractivity contribution < 1.29 is 9.63 Å². The Balaban J connectivity index is 2.33. The Morgan fingerprint density at radius 1 is 2.00 bits per heavy atom. The van der Waals surface area contributed by atoms with Crippen LogP contribution in [0.3, 0.4) is 0 Å². The van der Waals surface area contributed by atoms with E-state index in [1.807, 2.05) is 0 Å². The number of amides is 1. The molecular weight excluding hydrogens is 154 g/mol. The highest BCUT2D eigenvalue weighted by atomic mass is 32.1. The molecule has 0 saturated carbocycles. The summed E-state index contributed by atoms with van der Waals surface area (Å²) in [6.07, 6.45) is 1.35. The number of nitrogens with zero attached hydrogens (tertiary/aromatic N) is 2. The molecule has 56 valence electrons. The first-order valence-electron chi connectivity index (χ1n) is 2.63. The van der Waals surface area contributed by atoms with Gasteiger partial charge in [-0.05, 0) is 0 Å². The molecule has 0 aromatic heterocycles. The van der Waals surface area contributed by atoms with Crippen molar-refractivity contribution in [2.24, 2.45) is 4.99 Å². The molecule has 5 nitrogen and oxygen atoms in total. The first kappa shape index (κ1) is 7.36. The van der Waals surface area contributed by atoms with E-state index in [9.17, 15) is 4.79 Å². The number of hydroxylamine groups is 1. The molecule has 0 saturated heterocycles. The molecule has 0 fully saturated rings. The minimum atomic E-state index is -0.508. The SMILES string of the molecule is CC(=O)NN1C=NC(S)O1. The van der Waals surface area contributed by atoms with Gasteiger partial charge in [-0.3, -0.25) is 4.79 Å². The Kier molecular flexibility index (Phi) is 2.13. The van der Waals surface area contributed by atoms with Crippen LogP contribution in [0.4, 0.5) is 0 Å². The van der Waals surface area contributed by atoms with Crippen molar-refractivity contribution in [3.8, 4) is 0 Å². The second kappa shape index (κ2) is 2.89. The molecular formula is C4H7N3O2S. The first-order chi connectivity index (χ1) is 4.68. The lowest BCUT2D eigenvalue weighted by Crippen LogP contribution is -2.37. The van der Waals surface area contributed by atoms with Crippen LogP contribution >= 0.6 is 12.6 Å². The van der Waals surface area contributed by atoms with Gasteiger partial charge in [0.2, 0.25) is 11.5 Å². The van der Waals surface area contributed by atoms with E-state index in [4.69, 9.17) is 4.84 Å². The normalized spacial score (nSPS) is 23.4. The molecule has 1 aliphatic heterocycles. The van der Waals surface area contributed by atoms with E-state index in [0.29, 0.717) is 0 Å². The summed E-state index contributed by atoms with van der Waals surface area (Å²) in [5.74, 6) is -0.214. The number of carbonyl (C=O) groups is 1. The molecule has 6 heteroatoms. The topological polar surface area (TPSA) is 53.9 Å². The summed E-state index contributed by atoms with van der Waals surface area (Å²) in [5, 5.41) is 1.11. The van der Waals surface area contributed by atoms with Gasteiger partial charge in [-0.2, -0.15) is 0 Å². The Labute approximate surface area is 63.4 Å². The van der Waals surface area contributed by atoms with Crippen LogP contribution in [-0.4, -0.2) is 23.0 Å². The maximum Gasteiger partial charge on any atom is 0.237 e. The predicted molar refractivity (Wildman–Crippen MR) is 38.0 cm³/mol. The summed E-state index contributed by atoms with van der Waals surface area (Å²) in [6, 6.07) is 0. The molecule has 1 heterocycles. The van der Waals surface area contributed by atoms with Gasteiger partial charge in [0.05, 0.1) is 0 Å². The van der Waals surface area contributed by atoms with E-state index in [2.05, 4.69) is 23.0 Å². The summed E-state index contributed by atoms with van der Waals surface area (Å²) in [6.45, 7) is 1.38. The third kappa shape index (κ3) is 1.89. The van der Waals surface area contributed by atoms with E-state index in [0.717, 1.165) is 5.17 Å². The molecule has 10 heavy (non-hydrogen) atoms. The fraction of sp³-hybridized carbons (Fsp3) is 0.500. The molecule has 1 N–H and O–H groups in total. The lowest BCUT2D eigenvalue weighted by Gasteiger charge is -2.12. The third-order valence-electron chi connectivity index (χ3n) is 0.775. The van der Waals surface area contributed by atoms with Crippen molar-refractivity contribution in [2.45, 2.75) is 12.5 Å². The molecule has 0 aromatic carbocycles. The van der Waals surface area contributed by atoms with Crippen LogP contribution in [0.1, 0.15) is 6.92 Å². The summed E-state index contributed by atoms with van der Waals surface area (Å²) < 4.78 is 0. The molecule has 1 rings (SSSR count). The lowest BCUT2D eigenvalue weighted by molar-refractivity contribution is -0.150. The van der Waals surface area contributed by atoms with Crippen LogP contribution < -0.4 is 5.43 Å². The van der Waals surface area contributed by atoms with Crippen LogP contribution in [0.5, 0.6) is 0 Å². The Bertz CT molecular complexity index is 172. The first-order valence-corrected chi connectivity index (χ1v) is 3.15. The second-order valence-electron chi connectivity index (χ2n) is 1.69. The van der Waals surface area contributed by atoms with Crippen LogP contribution in [0.15, 0.2) is 4.99 Å². The van der Waals surface area contributed by atoms with Gasteiger partial charge in [0.25, 0.3) is 0 Å². The quantitative estimate of drug-likeness (QED) is 0.511. The minimum absolute atomic E-state index is 0.214. The zero-order valence-electron chi connectivity index (χ0n) is 5.31. The molecule has 1 aliphatic rings. The second-order valence-corrected chi connectivity index (χ2v) is 2.13. The number of hydrogen-bond acceptors (Lipinski definition) is 5. The number of hydrogen-bond donors (Lipinski definition) is 2. The van der Waals surface area contributed by atoms with Crippen molar-refractivity contribution in [2.75, 3.05) is 0 Å². The van der Waals surface area contributed by atoms with Crippen LogP contribution in [0.25, 0.3) is 0 Å². The van der Waals surface area contributed by atoms with Gasteiger partial charge in [0.15, 0.2) is 0 Å². The molecule has 1 amide bonds. The largest absolute Gasteiger partial charge is 0.274 e.